The largest absolute Gasteiger partial charge is 0.507 e. The van der Waals surface area contributed by atoms with E-state index in [0.29, 0.717) is 11.3 Å². The van der Waals surface area contributed by atoms with Crippen LogP contribution in [0.25, 0.3) is 5.76 Å². The Morgan fingerprint density at radius 3 is 2.38 bits per heavy atom. The monoisotopic (exact) mass is 477 g/mol. The van der Waals surface area contributed by atoms with Gasteiger partial charge in [-0.15, -0.1) is 0 Å². The van der Waals surface area contributed by atoms with Gasteiger partial charge in [0.2, 0.25) is 0 Å². The predicted molar refractivity (Wildman–Crippen MR) is 131 cm³/mol. The highest BCUT2D eigenvalue weighted by atomic mass is 35.5. The van der Waals surface area contributed by atoms with Gasteiger partial charge in [0.25, 0.3) is 11.7 Å². The number of carbonyl (C=O) groups excluding carboxylic acids is 2. The van der Waals surface area contributed by atoms with Crippen LogP contribution in [0.15, 0.2) is 72.6 Å². The highest BCUT2D eigenvalue weighted by molar-refractivity contribution is 6.47. The number of carbonyl (C=O) groups is 2. The van der Waals surface area contributed by atoms with Crippen LogP contribution < -0.4 is 9.64 Å². The Morgan fingerprint density at radius 1 is 1.09 bits per heavy atom. The molecule has 7 nitrogen and oxygen atoms in total. The Kier molecular flexibility index (Phi) is 6.56. The number of pyridine rings is 1. The lowest BCUT2D eigenvalue weighted by molar-refractivity contribution is -0.140. The number of aliphatic hydroxyl groups excluding tert-OH is 1. The molecule has 3 aromatic rings. The van der Waals surface area contributed by atoms with Crippen molar-refractivity contribution in [3.8, 4) is 5.75 Å². The summed E-state index contributed by atoms with van der Waals surface area (Å²) >= 11 is 6.35. The molecule has 2 heterocycles. The number of methoxy groups -OCH3 is 1. The number of amides is 1. The van der Waals surface area contributed by atoms with Crippen molar-refractivity contribution in [3.05, 3.63) is 94.3 Å². The number of benzene rings is 2. The molecule has 1 N–H and O–H groups in total. The molecule has 0 spiro atoms. The molecule has 1 aliphatic heterocycles. The number of Topliss-reactive ketones (excluding diaryl/α,β-unsaturated/α-hetero) is 1. The zero-order valence-electron chi connectivity index (χ0n) is 19.0. The third kappa shape index (κ3) is 4.34. The Morgan fingerprint density at radius 2 is 1.76 bits per heavy atom. The lowest BCUT2D eigenvalue weighted by Gasteiger charge is -2.26. The standard InChI is InChI=1S/C26H24ClN3O4/c1-29(2)18-6-4-17(5-7-18)23-22(24(31)20-14-19(34-3)8-9-21(20)27)25(32)26(33)30(23)15-16-10-12-28-13-11-16/h4-14,23,31H,15H2,1-3H3/b24-22+. The average molecular weight is 478 g/mol. The van der Waals surface area contributed by atoms with E-state index in [2.05, 4.69) is 4.98 Å². The van der Waals surface area contributed by atoms with Crippen molar-refractivity contribution in [1.29, 1.82) is 0 Å². The summed E-state index contributed by atoms with van der Waals surface area (Å²) in [6.45, 7) is 0.176. The Bertz CT molecular complexity index is 1260. The molecule has 1 amide bonds. The van der Waals surface area contributed by atoms with Gasteiger partial charge in [0.15, 0.2) is 0 Å². The molecule has 2 aromatic carbocycles. The van der Waals surface area contributed by atoms with Gasteiger partial charge in [-0.1, -0.05) is 23.7 Å². The van der Waals surface area contributed by atoms with Crippen LogP contribution in [0, 0.1) is 0 Å². The first-order valence-corrected chi connectivity index (χ1v) is 11.0. The van der Waals surface area contributed by atoms with E-state index in [9.17, 15) is 14.7 Å². The van der Waals surface area contributed by atoms with Gasteiger partial charge >= 0.3 is 0 Å². The van der Waals surface area contributed by atoms with E-state index in [1.165, 1.54) is 12.0 Å². The van der Waals surface area contributed by atoms with Crippen LogP contribution >= 0.6 is 11.6 Å². The number of nitrogens with zero attached hydrogens (tertiary/aromatic N) is 3. The molecule has 0 radical (unpaired) electrons. The number of ketones is 1. The number of halogens is 1. The molecule has 1 atom stereocenters. The van der Waals surface area contributed by atoms with Crippen molar-refractivity contribution in [2.45, 2.75) is 12.6 Å². The first kappa shape index (κ1) is 23.3. The summed E-state index contributed by atoms with van der Waals surface area (Å²) in [5.41, 5.74) is 2.67. The van der Waals surface area contributed by atoms with E-state index in [0.717, 1.165) is 11.3 Å². The maximum atomic E-state index is 13.2. The third-order valence-corrected chi connectivity index (χ3v) is 6.13. The summed E-state index contributed by atoms with van der Waals surface area (Å²) in [5.74, 6) is -1.35. The van der Waals surface area contributed by atoms with Crippen molar-refractivity contribution >= 4 is 34.7 Å². The topological polar surface area (TPSA) is 83.0 Å². The zero-order valence-corrected chi connectivity index (χ0v) is 19.8. The summed E-state index contributed by atoms with van der Waals surface area (Å²) < 4.78 is 5.25. The summed E-state index contributed by atoms with van der Waals surface area (Å²) in [7, 11) is 5.34. The summed E-state index contributed by atoms with van der Waals surface area (Å²) in [6, 6.07) is 15.0. The van der Waals surface area contributed by atoms with Gasteiger partial charge in [-0.2, -0.15) is 0 Å². The van der Waals surface area contributed by atoms with Gasteiger partial charge < -0.3 is 19.6 Å². The summed E-state index contributed by atoms with van der Waals surface area (Å²) in [6.07, 6.45) is 3.26. The molecule has 34 heavy (non-hydrogen) atoms. The van der Waals surface area contributed by atoms with E-state index in [-0.39, 0.29) is 28.5 Å². The third-order valence-electron chi connectivity index (χ3n) is 5.80. The fourth-order valence-electron chi connectivity index (χ4n) is 3.99. The van der Waals surface area contributed by atoms with E-state index >= 15 is 0 Å². The Balaban J connectivity index is 1.89. The smallest absolute Gasteiger partial charge is 0.295 e. The Labute approximate surface area is 202 Å². The fraction of sp³-hybridized carbons (Fsp3) is 0.192. The molecule has 1 aliphatic rings. The number of hydrogen-bond donors (Lipinski definition) is 1. The second-order valence-electron chi connectivity index (χ2n) is 8.11. The quantitative estimate of drug-likeness (QED) is 0.321. The minimum Gasteiger partial charge on any atom is -0.507 e. The van der Waals surface area contributed by atoms with Gasteiger partial charge in [0, 0.05) is 44.3 Å². The molecular formula is C26H24ClN3O4. The summed E-state index contributed by atoms with van der Waals surface area (Å²) in [4.78, 5) is 33.8. The van der Waals surface area contributed by atoms with Crippen LogP contribution in [0.3, 0.4) is 0 Å². The zero-order chi connectivity index (χ0) is 24.4. The number of aromatic nitrogens is 1. The molecule has 1 fully saturated rings. The van der Waals surface area contributed by atoms with Crippen molar-refractivity contribution in [2.75, 3.05) is 26.1 Å². The van der Waals surface area contributed by atoms with Gasteiger partial charge in [-0.3, -0.25) is 14.6 Å². The highest BCUT2D eigenvalue weighted by Gasteiger charge is 2.46. The molecule has 0 aliphatic carbocycles. The van der Waals surface area contributed by atoms with Crippen LogP contribution in [-0.4, -0.2) is 47.9 Å². The second-order valence-corrected chi connectivity index (χ2v) is 8.52. The predicted octanol–water partition coefficient (Wildman–Crippen LogP) is 4.43. The van der Waals surface area contributed by atoms with Crippen LogP contribution in [0.5, 0.6) is 5.75 Å². The lowest BCUT2D eigenvalue weighted by atomic mass is 9.94. The summed E-state index contributed by atoms with van der Waals surface area (Å²) in [5, 5.41) is 11.5. The van der Waals surface area contributed by atoms with Crippen LogP contribution in [0.1, 0.15) is 22.7 Å². The molecule has 1 aromatic heterocycles. The lowest BCUT2D eigenvalue weighted by Crippen LogP contribution is -2.29. The number of likely N-dealkylation sites (tertiary alicyclic amines) is 1. The van der Waals surface area contributed by atoms with E-state index < -0.39 is 17.7 Å². The average Bonchev–Trinajstić information content (AvgIpc) is 3.09. The Hall–Kier alpha value is -3.84. The molecule has 4 rings (SSSR count). The number of hydrogen-bond acceptors (Lipinski definition) is 6. The molecule has 1 unspecified atom stereocenters. The maximum Gasteiger partial charge on any atom is 0.295 e. The minimum absolute atomic E-state index is 0.0215. The first-order chi connectivity index (χ1) is 16.3. The molecule has 0 bridgehead atoms. The molecular weight excluding hydrogens is 454 g/mol. The number of ether oxygens (including phenoxy) is 1. The van der Waals surface area contributed by atoms with Crippen molar-refractivity contribution in [2.24, 2.45) is 0 Å². The van der Waals surface area contributed by atoms with E-state index in [1.807, 2.05) is 43.3 Å². The van der Waals surface area contributed by atoms with Gasteiger partial charge in [-0.25, -0.2) is 0 Å². The fourth-order valence-corrected chi connectivity index (χ4v) is 4.19. The van der Waals surface area contributed by atoms with Gasteiger partial charge in [0.05, 0.1) is 23.7 Å². The van der Waals surface area contributed by atoms with Crippen molar-refractivity contribution < 1.29 is 19.4 Å². The molecule has 8 heteroatoms. The SMILES string of the molecule is COc1ccc(Cl)c(/C(O)=C2\C(=O)C(=O)N(Cc3ccncc3)C2c2ccc(N(C)C)cc2)c1. The van der Waals surface area contributed by atoms with Crippen molar-refractivity contribution in [1.82, 2.24) is 9.88 Å². The number of rotatable bonds is 6. The van der Waals surface area contributed by atoms with Gasteiger partial charge in [-0.05, 0) is 53.6 Å². The second kappa shape index (κ2) is 9.57. The minimum atomic E-state index is -0.799. The highest BCUT2D eigenvalue weighted by Crippen LogP contribution is 2.42. The molecule has 0 saturated carbocycles. The van der Waals surface area contributed by atoms with Crippen LogP contribution in [0.2, 0.25) is 5.02 Å². The maximum absolute atomic E-state index is 13.2. The van der Waals surface area contributed by atoms with Crippen molar-refractivity contribution in [3.63, 3.8) is 0 Å². The van der Waals surface area contributed by atoms with E-state index in [1.54, 1.807) is 42.7 Å². The first-order valence-electron chi connectivity index (χ1n) is 10.6. The van der Waals surface area contributed by atoms with Crippen LogP contribution in [-0.2, 0) is 16.1 Å². The van der Waals surface area contributed by atoms with E-state index in [4.69, 9.17) is 16.3 Å². The molecule has 1 saturated heterocycles. The number of anilines is 1. The van der Waals surface area contributed by atoms with Gasteiger partial charge in [0.1, 0.15) is 11.5 Å². The van der Waals surface area contributed by atoms with Crippen LogP contribution in [0.4, 0.5) is 5.69 Å². The normalized spacial score (nSPS) is 17.2. The number of aliphatic hydroxyl groups is 1. The molecule has 174 valence electrons.